The van der Waals surface area contributed by atoms with Gasteiger partial charge in [-0.1, -0.05) is 13.8 Å². The number of H-pyrrole nitrogens is 2. The Hall–Kier alpha value is -1.75. The van der Waals surface area contributed by atoms with Gasteiger partial charge in [0, 0.05) is 18.3 Å². The van der Waals surface area contributed by atoms with Crippen LogP contribution in [0.25, 0.3) is 11.0 Å². The number of aromatic nitrogens is 3. The smallest absolute Gasteiger partial charge is 0.327 e. The molecule has 0 aromatic carbocycles. The van der Waals surface area contributed by atoms with Gasteiger partial charge in [-0.05, 0) is 25.3 Å². The van der Waals surface area contributed by atoms with Crippen molar-refractivity contribution in [2.75, 3.05) is 6.54 Å². The Morgan fingerprint density at radius 1 is 1.32 bits per heavy atom. The van der Waals surface area contributed by atoms with Crippen molar-refractivity contribution in [2.45, 2.75) is 37.6 Å². The zero-order chi connectivity index (χ0) is 18.1. The number of halogens is 1. The number of sulfonamides is 1. The molecule has 1 unspecified atom stereocenters. The van der Waals surface area contributed by atoms with Crippen LogP contribution < -0.4 is 21.7 Å². The summed E-state index contributed by atoms with van der Waals surface area (Å²) < 4.78 is 27.8. The Kier molecular flexibility index (Phi) is 6.51. The third-order valence-corrected chi connectivity index (χ3v) is 5.17. The van der Waals surface area contributed by atoms with Crippen LogP contribution in [0.4, 0.5) is 0 Å². The lowest BCUT2D eigenvalue weighted by Gasteiger charge is -2.30. The molecule has 0 aliphatic heterocycles. The molecule has 2 aromatic rings. The lowest BCUT2D eigenvalue weighted by atomic mass is 9.92. The third kappa shape index (κ3) is 4.88. The average molecular weight is 392 g/mol. The van der Waals surface area contributed by atoms with Gasteiger partial charge in [0.25, 0.3) is 5.56 Å². The summed E-state index contributed by atoms with van der Waals surface area (Å²) in [6.45, 7) is 5.79. The van der Waals surface area contributed by atoms with E-state index in [2.05, 4.69) is 14.7 Å². The average Bonchev–Trinajstić information content (AvgIpc) is 2.45. The predicted octanol–water partition coefficient (Wildman–Crippen LogP) is 0.0750. The molecule has 2 rings (SSSR count). The van der Waals surface area contributed by atoms with E-state index in [1.807, 2.05) is 18.8 Å². The van der Waals surface area contributed by atoms with Gasteiger partial charge in [-0.2, -0.15) is 0 Å². The molecule has 9 nitrogen and oxygen atoms in total. The highest BCUT2D eigenvalue weighted by Gasteiger charge is 2.30. The van der Waals surface area contributed by atoms with Gasteiger partial charge in [-0.3, -0.25) is 14.8 Å². The zero-order valence-electron chi connectivity index (χ0n) is 14.1. The van der Waals surface area contributed by atoms with E-state index in [9.17, 15) is 18.0 Å². The lowest BCUT2D eigenvalue weighted by Crippen LogP contribution is -2.52. The van der Waals surface area contributed by atoms with Crippen molar-refractivity contribution in [2.24, 2.45) is 11.7 Å². The van der Waals surface area contributed by atoms with E-state index in [-0.39, 0.29) is 40.8 Å². The van der Waals surface area contributed by atoms with E-state index >= 15 is 0 Å². The second-order valence-electron chi connectivity index (χ2n) is 6.44. The van der Waals surface area contributed by atoms with E-state index < -0.39 is 26.8 Å². The van der Waals surface area contributed by atoms with Crippen molar-refractivity contribution in [3.05, 3.63) is 33.1 Å². The predicted molar refractivity (Wildman–Crippen MR) is 97.5 cm³/mol. The molecule has 2 aromatic heterocycles. The van der Waals surface area contributed by atoms with Crippen LogP contribution in [0.5, 0.6) is 0 Å². The SMILES string of the molecule is CC(C)CC(C)(CN)NS(=O)(=O)c1cnc2[nH]c(=O)[nH]c(=O)c2c1.Cl. The Labute approximate surface area is 150 Å². The summed E-state index contributed by atoms with van der Waals surface area (Å²) in [6, 6.07) is 1.17. The number of nitrogens with zero attached hydrogens (tertiary/aromatic N) is 1. The molecule has 1 atom stereocenters. The Bertz CT molecular complexity index is 969. The number of aromatic amines is 2. The van der Waals surface area contributed by atoms with Crippen LogP contribution >= 0.6 is 12.4 Å². The molecule has 0 fully saturated rings. The first-order valence-corrected chi connectivity index (χ1v) is 8.91. The van der Waals surface area contributed by atoms with Crippen LogP contribution in [0.1, 0.15) is 27.2 Å². The zero-order valence-corrected chi connectivity index (χ0v) is 15.8. The van der Waals surface area contributed by atoms with Gasteiger partial charge in [0.15, 0.2) is 0 Å². The molecule has 0 amide bonds. The van der Waals surface area contributed by atoms with Gasteiger partial charge < -0.3 is 5.73 Å². The first-order chi connectivity index (χ1) is 11.1. The molecule has 0 aliphatic rings. The highest BCUT2D eigenvalue weighted by atomic mass is 35.5. The van der Waals surface area contributed by atoms with Gasteiger partial charge in [0.05, 0.1) is 5.39 Å². The van der Waals surface area contributed by atoms with Gasteiger partial charge in [0.2, 0.25) is 10.0 Å². The maximum Gasteiger partial charge on any atom is 0.327 e. The minimum atomic E-state index is -3.93. The largest absolute Gasteiger partial charge is 0.329 e. The number of hydrogen-bond acceptors (Lipinski definition) is 6. The van der Waals surface area contributed by atoms with Gasteiger partial charge in [0.1, 0.15) is 10.5 Å². The number of nitrogens with one attached hydrogen (secondary N) is 3. The van der Waals surface area contributed by atoms with Crippen molar-refractivity contribution < 1.29 is 8.42 Å². The molecule has 0 bridgehead atoms. The fourth-order valence-corrected chi connectivity index (χ4v) is 4.02. The van der Waals surface area contributed by atoms with Crippen LogP contribution in [0, 0.1) is 5.92 Å². The second-order valence-corrected chi connectivity index (χ2v) is 8.13. The number of fused-ring (bicyclic) bond motifs is 1. The second kappa shape index (κ2) is 7.65. The van der Waals surface area contributed by atoms with E-state index in [0.29, 0.717) is 6.42 Å². The topological polar surface area (TPSA) is 151 Å². The quantitative estimate of drug-likeness (QED) is 0.547. The Balaban J connectivity index is 0.00000312. The molecule has 0 saturated heterocycles. The monoisotopic (exact) mass is 391 g/mol. The third-order valence-electron chi connectivity index (χ3n) is 3.57. The summed E-state index contributed by atoms with van der Waals surface area (Å²) in [4.78, 5) is 31.1. The molecule has 11 heteroatoms. The van der Waals surface area contributed by atoms with Crippen LogP contribution in [0.15, 0.2) is 26.7 Å². The van der Waals surface area contributed by atoms with Crippen molar-refractivity contribution in [1.82, 2.24) is 19.7 Å². The molecule has 0 radical (unpaired) electrons. The highest BCUT2D eigenvalue weighted by Crippen LogP contribution is 2.20. The summed E-state index contributed by atoms with van der Waals surface area (Å²) in [5, 5.41) is -0.0178. The van der Waals surface area contributed by atoms with Gasteiger partial charge >= 0.3 is 5.69 Å². The molecule has 0 aliphatic carbocycles. The minimum Gasteiger partial charge on any atom is -0.329 e. The molecule has 25 heavy (non-hydrogen) atoms. The van der Waals surface area contributed by atoms with E-state index in [0.717, 1.165) is 6.20 Å². The molecule has 0 saturated carbocycles. The van der Waals surface area contributed by atoms with Crippen LogP contribution in [-0.4, -0.2) is 35.5 Å². The van der Waals surface area contributed by atoms with Crippen molar-refractivity contribution in [1.29, 1.82) is 0 Å². The standard InChI is InChI=1S/C14H21N5O4S.ClH/c1-8(2)5-14(3,7-15)19-24(22,23)9-4-10-11(16-6-9)17-13(21)18-12(10)20;/h4,6,8,19H,5,7,15H2,1-3H3,(H2,16,17,18,20,21);1H. The summed E-state index contributed by atoms with van der Waals surface area (Å²) >= 11 is 0. The summed E-state index contributed by atoms with van der Waals surface area (Å²) in [5.74, 6) is 0.240. The molecule has 5 N–H and O–H groups in total. The van der Waals surface area contributed by atoms with Crippen LogP contribution in [0.2, 0.25) is 0 Å². The fraction of sp³-hybridized carbons (Fsp3) is 0.500. The number of pyridine rings is 1. The lowest BCUT2D eigenvalue weighted by molar-refractivity contribution is 0.344. The number of hydrogen-bond donors (Lipinski definition) is 4. The summed E-state index contributed by atoms with van der Waals surface area (Å²) in [7, 11) is -3.93. The molecular weight excluding hydrogens is 370 g/mol. The molecule has 140 valence electrons. The molecule has 0 spiro atoms. The van der Waals surface area contributed by atoms with E-state index in [4.69, 9.17) is 5.73 Å². The molecule has 2 heterocycles. The maximum atomic E-state index is 12.6. The van der Waals surface area contributed by atoms with Crippen molar-refractivity contribution >= 4 is 33.5 Å². The Morgan fingerprint density at radius 3 is 2.52 bits per heavy atom. The Morgan fingerprint density at radius 2 is 1.96 bits per heavy atom. The first kappa shape index (κ1) is 21.3. The van der Waals surface area contributed by atoms with Crippen molar-refractivity contribution in [3.8, 4) is 0 Å². The normalized spacial score (nSPS) is 14.3. The van der Waals surface area contributed by atoms with Crippen molar-refractivity contribution in [3.63, 3.8) is 0 Å². The summed E-state index contributed by atoms with van der Waals surface area (Å²) in [5.41, 5.74) is 3.52. The van der Waals surface area contributed by atoms with E-state index in [1.54, 1.807) is 6.92 Å². The van der Waals surface area contributed by atoms with Gasteiger partial charge in [-0.15, -0.1) is 12.4 Å². The molecular formula is C14H22ClN5O4S. The fourth-order valence-electron chi connectivity index (χ4n) is 2.63. The minimum absolute atomic E-state index is 0. The highest BCUT2D eigenvalue weighted by molar-refractivity contribution is 7.89. The number of nitrogens with two attached hydrogens (primary N) is 1. The van der Waals surface area contributed by atoms with E-state index in [1.165, 1.54) is 6.07 Å². The first-order valence-electron chi connectivity index (χ1n) is 7.43. The van der Waals surface area contributed by atoms with Gasteiger partial charge in [-0.25, -0.2) is 22.9 Å². The maximum absolute atomic E-state index is 12.6. The van der Waals surface area contributed by atoms with Crippen LogP contribution in [-0.2, 0) is 10.0 Å². The number of rotatable bonds is 6. The summed E-state index contributed by atoms with van der Waals surface area (Å²) in [6.07, 6.45) is 1.64. The van der Waals surface area contributed by atoms with Crippen LogP contribution in [0.3, 0.4) is 0 Å².